The third-order valence-corrected chi connectivity index (χ3v) is 8.72. The zero-order chi connectivity index (χ0) is 35.5. The first-order valence-electron chi connectivity index (χ1n) is 16.1. The van der Waals surface area contributed by atoms with Gasteiger partial charge in [-0.2, -0.15) is 0 Å². The number of rotatable bonds is 10. The van der Waals surface area contributed by atoms with E-state index < -0.39 is 18.2 Å². The van der Waals surface area contributed by atoms with Crippen LogP contribution in [0.15, 0.2) is 104 Å². The lowest BCUT2D eigenvalue weighted by Crippen LogP contribution is -2.55. The minimum atomic E-state index is -0.701. The molecule has 2 saturated heterocycles. The highest BCUT2D eigenvalue weighted by molar-refractivity contribution is 6.01. The number of cyclic esters (lactones) is 1. The lowest BCUT2D eigenvalue weighted by molar-refractivity contribution is -0.134. The highest BCUT2D eigenvalue weighted by atomic mass is 16.6. The van der Waals surface area contributed by atoms with E-state index in [1.165, 1.54) is 12.4 Å². The molecule has 2 fully saturated rings. The summed E-state index contributed by atoms with van der Waals surface area (Å²) in [6.45, 7) is 4.51. The number of nitrogens with zero attached hydrogens (tertiary/aromatic N) is 4. The standard InChI is InChI=1S/C38H34N6O7/c1-4-35(45)43-19-27(20-43)51-34-17-28-29(18-33(34)49-3)39-22-40-36(28)42-30-16-25(13-14-32(30)48-2)24-11-8-12-26(15-24)41-37(46)44-31(21-50-38(44)47)23-9-6-5-7-10-23/h4-18,22,27,31H,1,19-21H2,2-3H3,(H,41,46)(H,39,40,42)/t31-/m1/s1. The number of hydrogen-bond donors (Lipinski definition) is 2. The third-order valence-electron chi connectivity index (χ3n) is 8.72. The van der Waals surface area contributed by atoms with Gasteiger partial charge in [-0.1, -0.05) is 55.1 Å². The second kappa shape index (κ2) is 14.1. The van der Waals surface area contributed by atoms with Crippen molar-refractivity contribution in [3.8, 4) is 28.4 Å². The molecule has 0 unspecified atom stereocenters. The molecule has 258 valence electrons. The second-order valence-electron chi connectivity index (χ2n) is 11.9. The first-order valence-corrected chi connectivity index (χ1v) is 16.1. The van der Waals surface area contributed by atoms with Crippen molar-refractivity contribution < 1.29 is 33.3 Å². The molecule has 0 saturated carbocycles. The smallest absolute Gasteiger partial charge is 0.418 e. The summed E-state index contributed by atoms with van der Waals surface area (Å²) >= 11 is 0. The Hall–Kier alpha value is -6.63. The molecule has 0 bridgehead atoms. The van der Waals surface area contributed by atoms with Crippen LogP contribution in [0, 0.1) is 0 Å². The van der Waals surface area contributed by atoms with Crippen LogP contribution >= 0.6 is 0 Å². The van der Waals surface area contributed by atoms with Crippen molar-refractivity contribution in [1.82, 2.24) is 19.8 Å². The molecule has 2 aliphatic rings. The number of carbonyl (C=O) groups excluding carboxylic acids is 3. The van der Waals surface area contributed by atoms with E-state index in [0.717, 1.165) is 21.6 Å². The van der Waals surface area contributed by atoms with Crippen LogP contribution in [0.3, 0.4) is 0 Å². The van der Waals surface area contributed by atoms with Crippen molar-refractivity contribution >= 4 is 46.1 Å². The number of benzene rings is 4. The number of imide groups is 1. The summed E-state index contributed by atoms with van der Waals surface area (Å²) in [5.74, 6) is 1.94. The Morgan fingerprint density at radius 1 is 0.902 bits per heavy atom. The monoisotopic (exact) mass is 686 g/mol. The zero-order valence-corrected chi connectivity index (χ0v) is 27.9. The topological polar surface area (TPSA) is 144 Å². The maximum atomic E-state index is 13.3. The highest BCUT2D eigenvalue weighted by Crippen LogP contribution is 2.39. The Bertz CT molecular complexity index is 2140. The summed E-state index contributed by atoms with van der Waals surface area (Å²) in [6.07, 6.45) is 1.84. The number of anilines is 3. The Labute approximate surface area is 293 Å². The van der Waals surface area contributed by atoms with E-state index in [0.29, 0.717) is 58.4 Å². The van der Waals surface area contributed by atoms with E-state index >= 15 is 0 Å². The molecular weight excluding hydrogens is 652 g/mol. The molecule has 2 N–H and O–H groups in total. The molecule has 13 heteroatoms. The van der Waals surface area contributed by atoms with Gasteiger partial charge in [0.2, 0.25) is 5.91 Å². The Kier molecular flexibility index (Phi) is 9.08. The fourth-order valence-electron chi connectivity index (χ4n) is 6.06. The average molecular weight is 687 g/mol. The lowest BCUT2D eigenvalue weighted by Gasteiger charge is -2.38. The first kappa shape index (κ1) is 32.9. The Morgan fingerprint density at radius 2 is 1.69 bits per heavy atom. The van der Waals surface area contributed by atoms with Crippen molar-refractivity contribution in [2.24, 2.45) is 0 Å². The normalized spacial score (nSPS) is 15.5. The van der Waals surface area contributed by atoms with Crippen LogP contribution in [-0.2, 0) is 9.53 Å². The quantitative estimate of drug-likeness (QED) is 0.155. The fourth-order valence-corrected chi connectivity index (χ4v) is 6.06. The van der Waals surface area contributed by atoms with Crippen molar-refractivity contribution in [2.75, 3.05) is 44.5 Å². The molecule has 4 aromatic carbocycles. The van der Waals surface area contributed by atoms with Crippen molar-refractivity contribution in [2.45, 2.75) is 12.1 Å². The zero-order valence-electron chi connectivity index (χ0n) is 27.9. The number of ether oxygens (including phenoxy) is 4. The number of hydrogen-bond acceptors (Lipinski definition) is 10. The number of carbonyl (C=O) groups is 3. The van der Waals surface area contributed by atoms with Crippen LogP contribution < -0.4 is 24.8 Å². The molecule has 1 atom stereocenters. The van der Waals surface area contributed by atoms with Gasteiger partial charge in [0.25, 0.3) is 0 Å². The number of urea groups is 1. The maximum absolute atomic E-state index is 13.3. The van der Waals surface area contributed by atoms with Gasteiger partial charge in [0.1, 0.15) is 36.6 Å². The van der Waals surface area contributed by atoms with Gasteiger partial charge in [-0.25, -0.2) is 24.5 Å². The van der Waals surface area contributed by atoms with Crippen LogP contribution in [0.2, 0.25) is 0 Å². The fraction of sp³-hybridized carbons (Fsp3) is 0.184. The summed E-state index contributed by atoms with van der Waals surface area (Å²) in [5.41, 5.74) is 4.19. The number of amides is 4. The number of aromatic nitrogens is 2. The van der Waals surface area contributed by atoms with E-state index in [9.17, 15) is 14.4 Å². The maximum Gasteiger partial charge on any atom is 0.418 e. The molecule has 0 spiro atoms. The molecule has 0 radical (unpaired) electrons. The van der Waals surface area contributed by atoms with Crippen LogP contribution in [0.5, 0.6) is 17.2 Å². The molecule has 4 amide bonds. The molecular formula is C38H34N6O7. The third kappa shape index (κ3) is 6.69. The SMILES string of the molecule is C=CC(=O)N1CC(Oc2cc3c(Nc4cc(-c5cccc(NC(=O)N6C(=O)OC[C@@H]6c6ccccc6)c5)ccc4OC)ncnc3cc2OC)C1. The predicted octanol–water partition coefficient (Wildman–Crippen LogP) is 6.56. The van der Waals surface area contributed by atoms with Crippen molar-refractivity contribution in [3.05, 3.63) is 109 Å². The molecule has 5 aromatic rings. The second-order valence-corrected chi connectivity index (χ2v) is 11.9. The van der Waals surface area contributed by atoms with E-state index in [1.807, 2.05) is 72.8 Å². The van der Waals surface area contributed by atoms with Gasteiger partial charge >= 0.3 is 12.1 Å². The minimum absolute atomic E-state index is 0.0823. The molecule has 51 heavy (non-hydrogen) atoms. The predicted molar refractivity (Wildman–Crippen MR) is 190 cm³/mol. The van der Waals surface area contributed by atoms with Crippen LogP contribution in [0.1, 0.15) is 11.6 Å². The Morgan fingerprint density at radius 3 is 2.45 bits per heavy atom. The summed E-state index contributed by atoms with van der Waals surface area (Å²) < 4.78 is 22.7. The minimum Gasteiger partial charge on any atom is -0.495 e. The van der Waals surface area contributed by atoms with Crippen LogP contribution in [0.25, 0.3) is 22.0 Å². The van der Waals surface area contributed by atoms with Gasteiger partial charge in [-0.15, -0.1) is 0 Å². The number of methoxy groups -OCH3 is 2. The highest BCUT2D eigenvalue weighted by Gasteiger charge is 2.39. The van der Waals surface area contributed by atoms with E-state index in [4.69, 9.17) is 18.9 Å². The largest absolute Gasteiger partial charge is 0.495 e. The van der Waals surface area contributed by atoms with E-state index in [-0.39, 0.29) is 18.6 Å². The number of fused-ring (bicyclic) bond motifs is 1. The van der Waals surface area contributed by atoms with Gasteiger partial charge in [0.05, 0.1) is 38.5 Å². The summed E-state index contributed by atoms with van der Waals surface area (Å²) in [6, 6.07) is 24.7. The molecule has 2 aliphatic heterocycles. The van der Waals surface area contributed by atoms with Gasteiger partial charge in [0.15, 0.2) is 11.5 Å². The molecule has 0 aliphatic carbocycles. The van der Waals surface area contributed by atoms with E-state index in [2.05, 4.69) is 27.2 Å². The van der Waals surface area contributed by atoms with Gasteiger partial charge in [0, 0.05) is 17.1 Å². The van der Waals surface area contributed by atoms with E-state index in [1.54, 1.807) is 31.3 Å². The van der Waals surface area contributed by atoms with Gasteiger partial charge in [-0.3, -0.25) is 4.79 Å². The first-order chi connectivity index (χ1) is 24.8. The van der Waals surface area contributed by atoms with Gasteiger partial charge < -0.3 is 34.5 Å². The lowest BCUT2D eigenvalue weighted by atomic mass is 10.0. The Balaban J connectivity index is 1.13. The average Bonchev–Trinajstić information content (AvgIpc) is 3.54. The summed E-state index contributed by atoms with van der Waals surface area (Å²) in [7, 11) is 3.14. The van der Waals surface area contributed by atoms with Crippen molar-refractivity contribution in [3.63, 3.8) is 0 Å². The summed E-state index contributed by atoms with van der Waals surface area (Å²) in [5, 5.41) is 6.93. The molecule has 3 heterocycles. The van der Waals surface area contributed by atoms with Crippen LogP contribution in [-0.4, -0.2) is 77.8 Å². The molecule has 1 aromatic heterocycles. The van der Waals surface area contributed by atoms with Crippen molar-refractivity contribution in [1.29, 1.82) is 0 Å². The summed E-state index contributed by atoms with van der Waals surface area (Å²) in [4.78, 5) is 49.5. The molecule has 7 rings (SSSR count). The van der Waals surface area contributed by atoms with Gasteiger partial charge in [-0.05, 0) is 53.1 Å². The number of likely N-dealkylation sites (tertiary alicyclic amines) is 1. The van der Waals surface area contributed by atoms with Crippen LogP contribution in [0.4, 0.5) is 26.8 Å². The number of nitrogens with one attached hydrogen (secondary N) is 2. The molecule has 13 nitrogen and oxygen atoms in total.